The van der Waals surface area contributed by atoms with Gasteiger partial charge in [0.05, 0.1) is 18.9 Å². The summed E-state index contributed by atoms with van der Waals surface area (Å²) in [6.07, 6.45) is 2.30. The van der Waals surface area contributed by atoms with E-state index in [1.807, 2.05) is 6.26 Å². The summed E-state index contributed by atoms with van der Waals surface area (Å²) in [5, 5.41) is 12.8. The molecule has 2 amide bonds. The SMILES string of the molecule is COC(=O)[C@]1(CCSC)N[C@H](c2ccc(O)cc2)[C@@H]2C(=O)N(C)C(=O)[C@H]21. The molecule has 2 aliphatic rings. The van der Waals surface area contributed by atoms with Crippen molar-refractivity contribution in [1.82, 2.24) is 10.2 Å². The second kappa shape index (κ2) is 6.92. The summed E-state index contributed by atoms with van der Waals surface area (Å²) in [5.74, 6) is -1.94. The van der Waals surface area contributed by atoms with E-state index in [-0.39, 0.29) is 17.6 Å². The zero-order valence-electron chi connectivity index (χ0n) is 14.9. The number of hydrogen-bond donors (Lipinski definition) is 2. The standard InChI is InChI=1S/C18H22N2O5S/c1-20-15(22)12-13(16(20)23)18(8-9-26-3,17(24)25-2)19-14(12)10-4-6-11(21)7-5-10/h4-7,12-14,19,21H,8-9H2,1-3H3/t12-,13+,14-,18-/m1/s1. The van der Waals surface area contributed by atoms with Crippen LogP contribution in [0.25, 0.3) is 0 Å². The number of methoxy groups -OCH3 is 1. The number of rotatable bonds is 5. The molecule has 2 aliphatic heterocycles. The largest absolute Gasteiger partial charge is 0.508 e. The van der Waals surface area contributed by atoms with Gasteiger partial charge < -0.3 is 9.84 Å². The van der Waals surface area contributed by atoms with Crippen LogP contribution in [0.2, 0.25) is 0 Å². The molecule has 0 radical (unpaired) electrons. The Hall–Kier alpha value is -2.06. The van der Waals surface area contributed by atoms with E-state index in [0.717, 1.165) is 10.5 Å². The lowest BCUT2D eigenvalue weighted by Gasteiger charge is -2.32. The number of imide groups is 1. The van der Waals surface area contributed by atoms with Crippen LogP contribution in [-0.2, 0) is 19.1 Å². The minimum atomic E-state index is -1.25. The Labute approximate surface area is 156 Å². The lowest BCUT2D eigenvalue weighted by molar-refractivity contribution is -0.154. The summed E-state index contributed by atoms with van der Waals surface area (Å²) in [4.78, 5) is 39.5. The van der Waals surface area contributed by atoms with Crippen LogP contribution in [-0.4, -0.2) is 59.5 Å². The second-order valence-corrected chi connectivity index (χ2v) is 7.64. The topological polar surface area (TPSA) is 95.9 Å². The monoisotopic (exact) mass is 378 g/mol. The predicted octanol–water partition coefficient (Wildman–Crippen LogP) is 0.932. The molecular formula is C18H22N2O5S. The van der Waals surface area contributed by atoms with Gasteiger partial charge in [-0.15, -0.1) is 0 Å². The number of amides is 2. The molecule has 140 valence electrons. The van der Waals surface area contributed by atoms with E-state index >= 15 is 0 Å². The maximum absolute atomic E-state index is 12.8. The van der Waals surface area contributed by atoms with Crippen molar-refractivity contribution in [3.8, 4) is 5.75 Å². The summed E-state index contributed by atoms with van der Waals surface area (Å²) in [6.45, 7) is 0. The number of hydrogen-bond acceptors (Lipinski definition) is 7. The van der Waals surface area contributed by atoms with Gasteiger partial charge in [-0.1, -0.05) is 12.1 Å². The number of esters is 1. The van der Waals surface area contributed by atoms with Crippen molar-refractivity contribution in [2.24, 2.45) is 11.8 Å². The number of thioether (sulfide) groups is 1. The molecule has 0 unspecified atom stereocenters. The molecule has 1 aromatic rings. The van der Waals surface area contributed by atoms with E-state index < -0.39 is 29.4 Å². The van der Waals surface area contributed by atoms with Crippen molar-refractivity contribution < 1.29 is 24.2 Å². The number of nitrogens with zero attached hydrogens (tertiary/aromatic N) is 1. The first kappa shape index (κ1) is 18.7. The fourth-order valence-electron chi connectivity index (χ4n) is 4.08. The van der Waals surface area contributed by atoms with Crippen LogP contribution in [0.15, 0.2) is 24.3 Å². The van der Waals surface area contributed by atoms with Crippen LogP contribution in [0, 0.1) is 11.8 Å². The number of phenolic OH excluding ortho intramolecular Hbond substituents is 1. The van der Waals surface area contributed by atoms with Gasteiger partial charge in [-0.2, -0.15) is 11.8 Å². The van der Waals surface area contributed by atoms with Crippen molar-refractivity contribution in [2.75, 3.05) is 26.2 Å². The van der Waals surface area contributed by atoms with Gasteiger partial charge >= 0.3 is 5.97 Å². The number of benzene rings is 1. The van der Waals surface area contributed by atoms with Crippen LogP contribution in [0.5, 0.6) is 5.75 Å². The highest BCUT2D eigenvalue weighted by Crippen LogP contribution is 2.50. The third-order valence-electron chi connectivity index (χ3n) is 5.38. The molecule has 0 bridgehead atoms. The summed E-state index contributed by atoms with van der Waals surface area (Å²) >= 11 is 1.56. The maximum Gasteiger partial charge on any atom is 0.326 e. The lowest BCUT2D eigenvalue weighted by atomic mass is 9.78. The molecule has 2 heterocycles. The highest BCUT2D eigenvalue weighted by Gasteiger charge is 2.67. The normalized spacial score (nSPS) is 30.6. The van der Waals surface area contributed by atoms with Crippen molar-refractivity contribution in [2.45, 2.75) is 18.0 Å². The highest BCUT2D eigenvalue weighted by atomic mass is 32.2. The molecular weight excluding hydrogens is 356 g/mol. The van der Waals surface area contributed by atoms with Gasteiger partial charge in [0.2, 0.25) is 11.8 Å². The third-order valence-corrected chi connectivity index (χ3v) is 5.99. The van der Waals surface area contributed by atoms with Crippen LogP contribution < -0.4 is 5.32 Å². The molecule has 3 rings (SSSR count). The van der Waals surface area contributed by atoms with Gasteiger partial charge in [0.25, 0.3) is 0 Å². The molecule has 4 atom stereocenters. The molecule has 26 heavy (non-hydrogen) atoms. The fourth-order valence-corrected chi connectivity index (χ4v) is 4.61. The zero-order chi connectivity index (χ0) is 19.1. The Balaban J connectivity index is 2.11. The van der Waals surface area contributed by atoms with E-state index in [1.165, 1.54) is 26.3 Å². The first-order valence-electron chi connectivity index (χ1n) is 8.32. The minimum absolute atomic E-state index is 0.107. The van der Waals surface area contributed by atoms with Crippen molar-refractivity contribution >= 4 is 29.5 Å². The van der Waals surface area contributed by atoms with Gasteiger partial charge in [-0.3, -0.25) is 24.6 Å². The molecule has 1 aromatic carbocycles. The van der Waals surface area contributed by atoms with Crippen molar-refractivity contribution in [1.29, 1.82) is 0 Å². The Kier molecular flexibility index (Phi) is 4.98. The Bertz CT molecular complexity index is 738. The first-order valence-corrected chi connectivity index (χ1v) is 9.72. The highest BCUT2D eigenvalue weighted by molar-refractivity contribution is 7.98. The Morgan fingerprint density at radius 3 is 2.54 bits per heavy atom. The Morgan fingerprint density at radius 2 is 1.96 bits per heavy atom. The molecule has 2 saturated heterocycles. The van der Waals surface area contributed by atoms with E-state index in [1.54, 1.807) is 23.9 Å². The number of ether oxygens (including phenoxy) is 1. The smallest absolute Gasteiger partial charge is 0.326 e. The summed E-state index contributed by atoms with van der Waals surface area (Å²) in [5.41, 5.74) is -0.508. The van der Waals surface area contributed by atoms with Gasteiger partial charge in [0.15, 0.2) is 0 Å². The summed E-state index contributed by atoms with van der Waals surface area (Å²) in [6, 6.07) is 5.93. The van der Waals surface area contributed by atoms with E-state index in [2.05, 4.69) is 5.32 Å². The summed E-state index contributed by atoms with van der Waals surface area (Å²) < 4.78 is 5.03. The molecule has 8 heteroatoms. The molecule has 7 nitrogen and oxygen atoms in total. The summed E-state index contributed by atoms with van der Waals surface area (Å²) in [7, 11) is 2.74. The van der Waals surface area contributed by atoms with E-state index in [9.17, 15) is 19.5 Å². The van der Waals surface area contributed by atoms with Gasteiger partial charge in [0, 0.05) is 13.1 Å². The zero-order valence-corrected chi connectivity index (χ0v) is 15.7. The second-order valence-electron chi connectivity index (χ2n) is 6.66. The Morgan fingerprint density at radius 1 is 1.31 bits per heavy atom. The average Bonchev–Trinajstić information content (AvgIpc) is 3.10. The molecule has 0 aliphatic carbocycles. The number of carbonyl (C=O) groups is 3. The molecule has 0 spiro atoms. The van der Waals surface area contributed by atoms with Crippen LogP contribution in [0.1, 0.15) is 18.0 Å². The van der Waals surface area contributed by atoms with Crippen molar-refractivity contribution in [3.05, 3.63) is 29.8 Å². The number of phenols is 1. The van der Waals surface area contributed by atoms with Crippen LogP contribution in [0.3, 0.4) is 0 Å². The molecule has 2 N–H and O–H groups in total. The van der Waals surface area contributed by atoms with Crippen LogP contribution >= 0.6 is 11.8 Å². The van der Waals surface area contributed by atoms with E-state index in [4.69, 9.17) is 4.74 Å². The van der Waals surface area contributed by atoms with Crippen LogP contribution in [0.4, 0.5) is 0 Å². The average molecular weight is 378 g/mol. The number of carbonyl (C=O) groups excluding carboxylic acids is 3. The molecule has 0 saturated carbocycles. The molecule has 0 aromatic heterocycles. The fraction of sp³-hybridized carbons (Fsp3) is 0.500. The molecule has 2 fully saturated rings. The number of aromatic hydroxyl groups is 1. The number of fused-ring (bicyclic) bond motifs is 1. The van der Waals surface area contributed by atoms with Gasteiger partial charge in [-0.05, 0) is 36.1 Å². The third kappa shape index (κ3) is 2.68. The quantitative estimate of drug-likeness (QED) is 0.581. The van der Waals surface area contributed by atoms with E-state index in [0.29, 0.717) is 12.2 Å². The van der Waals surface area contributed by atoms with Gasteiger partial charge in [0.1, 0.15) is 11.3 Å². The number of likely N-dealkylation sites (tertiary alicyclic amines) is 1. The van der Waals surface area contributed by atoms with Gasteiger partial charge in [-0.25, -0.2) is 0 Å². The van der Waals surface area contributed by atoms with Crippen molar-refractivity contribution in [3.63, 3.8) is 0 Å². The lowest BCUT2D eigenvalue weighted by Crippen LogP contribution is -2.56. The number of nitrogens with one attached hydrogen (secondary N) is 1. The maximum atomic E-state index is 12.8. The first-order chi connectivity index (χ1) is 12.4. The predicted molar refractivity (Wildman–Crippen MR) is 96.5 cm³/mol. The minimum Gasteiger partial charge on any atom is -0.508 e.